The molecule has 1 fully saturated rings. The molecule has 0 aromatic carbocycles. The van der Waals surface area contributed by atoms with Crippen molar-refractivity contribution in [1.82, 2.24) is 24.8 Å². The Kier molecular flexibility index (Phi) is 5.79. The summed E-state index contributed by atoms with van der Waals surface area (Å²) >= 11 is 0. The summed E-state index contributed by atoms with van der Waals surface area (Å²) in [6.45, 7) is 2.69. The Morgan fingerprint density at radius 3 is 2.65 bits per heavy atom. The molecule has 4 rings (SSSR count). The van der Waals surface area contributed by atoms with Gasteiger partial charge < -0.3 is 14.5 Å². The molecule has 8 heteroatoms. The maximum absolute atomic E-state index is 13.3. The second-order valence-electron chi connectivity index (χ2n) is 7.80. The number of anilines is 1. The average Bonchev–Trinajstić information content (AvgIpc) is 3.28. The summed E-state index contributed by atoms with van der Waals surface area (Å²) in [7, 11) is 5.38. The van der Waals surface area contributed by atoms with Crippen molar-refractivity contribution < 1.29 is 9.53 Å². The topological polar surface area (TPSA) is 84.3 Å². The van der Waals surface area contributed by atoms with Crippen LogP contribution in [0.2, 0.25) is 0 Å². The first-order valence-electron chi connectivity index (χ1n) is 10.3. The lowest BCUT2D eigenvalue weighted by Crippen LogP contribution is -2.31. The molecular formula is C23H26N6O2. The van der Waals surface area contributed by atoms with Gasteiger partial charge in [-0.2, -0.15) is 0 Å². The molecule has 0 N–H and O–H groups in total. The van der Waals surface area contributed by atoms with Gasteiger partial charge in [0.25, 0.3) is 5.91 Å². The van der Waals surface area contributed by atoms with Crippen LogP contribution in [-0.4, -0.2) is 58.5 Å². The van der Waals surface area contributed by atoms with Gasteiger partial charge in [-0.3, -0.25) is 9.78 Å². The molecule has 0 aliphatic carbocycles. The predicted molar refractivity (Wildman–Crippen MR) is 118 cm³/mol. The smallest absolute Gasteiger partial charge is 0.255 e. The average molecular weight is 419 g/mol. The van der Waals surface area contributed by atoms with E-state index in [1.54, 1.807) is 31.6 Å². The molecule has 0 spiro atoms. The van der Waals surface area contributed by atoms with Crippen LogP contribution in [0, 0.1) is 6.92 Å². The van der Waals surface area contributed by atoms with Crippen LogP contribution in [0.1, 0.15) is 40.5 Å². The minimum Gasteiger partial charge on any atom is -0.481 e. The zero-order valence-electron chi connectivity index (χ0n) is 18.2. The van der Waals surface area contributed by atoms with Crippen LogP contribution in [0.15, 0.2) is 43.0 Å². The van der Waals surface area contributed by atoms with E-state index in [0.29, 0.717) is 23.9 Å². The summed E-state index contributed by atoms with van der Waals surface area (Å²) in [4.78, 5) is 34.9. The van der Waals surface area contributed by atoms with Crippen LogP contribution in [-0.2, 0) is 0 Å². The van der Waals surface area contributed by atoms with Crippen LogP contribution in [0.3, 0.4) is 0 Å². The third kappa shape index (κ3) is 4.05. The monoisotopic (exact) mass is 418 g/mol. The molecule has 0 saturated carbocycles. The van der Waals surface area contributed by atoms with Crippen LogP contribution in [0.4, 0.5) is 5.95 Å². The van der Waals surface area contributed by atoms with Gasteiger partial charge in [-0.1, -0.05) is 0 Å². The number of ether oxygens (including phenoxy) is 1. The van der Waals surface area contributed by atoms with Gasteiger partial charge in [0.05, 0.1) is 24.4 Å². The Labute approximate surface area is 181 Å². The lowest BCUT2D eigenvalue weighted by molar-refractivity contribution is 0.0733. The Bertz CT molecular complexity index is 1080. The molecular weight excluding hydrogens is 392 g/mol. The fourth-order valence-electron chi connectivity index (χ4n) is 3.93. The van der Waals surface area contributed by atoms with Gasteiger partial charge in [-0.05, 0) is 43.0 Å². The van der Waals surface area contributed by atoms with E-state index in [1.165, 1.54) is 0 Å². The Hall–Kier alpha value is -3.55. The van der Waals surface area contributed by atoms with E-state index in [1.807, 2.05) is 49.3 Å². The number of aromatic nitrogens is 4. The zero-order chi connectivity index (χ0) is 22.0. The van der Waals surface area contributed by atoms with Crippen molar-refractivity contribution >= 4 is 11.9 Å². The second kappa shape index (κ2) is 8.67. The maximum Gasteiger partial charge on any atom is 0.255 e. The van der Waals surface area contributed by atoms with Crippen molar-refractivity contribution in [3.63, 3.8) is 0 Å². The highest BCUT2D eigenvalue weighted by atomic mass is 16.5. The van der Waals surface area contributed by atoms with E-state index >= 15 is 0 Å². The quantitative estimate of drug-likeness (QED) is 0.628. The summed E-state index contributed by atoms with van der Waals surface area (Å²) < 4.78 is 5.11. The normalized spacial score (nSPS) is 15.7. The highest BCUT2D eigenvalue weighted by molar-refractivity contribution is 5.94. The number of hydrogen-bond acceptors (Lipinski definition) is 7. The van der Waals surface area contributed by atoms with Crippen molar-refractivity contribution in [2.45, 2.75) is 25.8 Å². The first-order chi connectivity index (χ1) is 15.0. The van der Waals surface area contributed by atoms with Gasteiger partial charge >= 0.3 is 0 Å². The third-order valence-corrected chi connectivity index (χ3v) is 5.54. The lowest BCUT2D eigenvalue weighted by atomic mass is 9.97. The van der Waals surface area contributed by atoms with Gasteiger partial charge in [0.1, 0.15) is 0 Å². The van der Waals surface area contributed by atoms with Gasteiger partial charge in [-0.15, -0.1) is 0 Å². The SMILES string of the molecule is COc1ccc(C(=O)N2CCC[C@@H]2c2nc(N(C)C)ncc2-c2ccncc2C)cn1. The van der Waals surface area contributed by atoms with Crippen LogP contribution >= 0.6 is 0 Å². The molecule has 1 aliphatic rings. The highest BCUT2D eigenvalue weighted by Gasteiger charge is 2.34. The van der Waals surface area contributed by atoms with Crippen molar-refractivity contribution in [1.29, 1.82) is 0 Å². The molecule has 1 saturated heterocycles. The highest BCUT2D eigenvalue weighted by Crippen LogP contribution is 2.38. The number of carbonyl (C=O) groups excluding carboxylic acids is 1. The number of pyridine rings is 2. The first kappa shape index (κ1) is 20.7. The van der Waals surface area contributed by atoms with E-state index in [9.17, 15) is 4.79 Å². The Morgan fingerprint density at radius 2 is 1.97 bits per heavy atom. The van der Waals surface area contributed by atoms with Gasteiger partial charge in [0, 0.05) is 57.1 Å². The summed E-state index contributed by atoms with van der Waals surface area (Å²) in [5.41, 5.74) is 4.40. The lowest BCUT2D eigenvalue weighted by Gasteiger charge is -2.27. The minimum atomic E-state index is -0.140. The maximum atomic E-state index is 13.3. The Balaban J connectivity index is 1.76. The molecule has 3 aromatic heterocycles. The van der Waals surface area contributed by atoms with Gasteiger partial charge in [0.15, 0.2) is 0 Å². The molecule has 4 heterocycles. The van der Waals surface area contributed by atoms with E-state index in [4.69, 9.17) is 9.72 Å². The van der Waals surface area contributed by atoms with Crippen LogP contribution in [0.5, 0.6) is 5.88 Å². The third-order valence-electron chi connectivity index (χ3n) is 5.54. The summed E-state index contributed by atoms with van der Waals surface area (Å²) in [5.74, 6) is 1.05. The fourth-order valence-corrected chi connectivity index (χ4v) is 3.93. The summed E-state index contributed by atoms with van der Waals surface area (Å²) in [6, 6.07) is 5.29. The number of rotatable bonds is 5. The number of hydrogen-bond donors (Lipinski definition) is 0. The number of aryl methyl sites for hydroxylation is 1. The predicted octanol–water partition coefficient (Wildman–Crippen LogP) is 3.29. The Morgan fingerprint density at radius 1 is 1.13 bits per heavy atom. The van der Waals surface area contributed by atoms with Crippen LogP contribution < -0.4 is 9.64 Å². The largest absolute Gasteiger partial charge is 0.481 e. The first-order valence-corrected chi connectivity index (χ1v) is 10.3. The molecule has 8 nitrogen and oxygen atoms in total. The van der Waals surface area contributed by atoms with Gasteiger partial charge in [0.2, 0.25) is 11.8 Å². The number of methoxy groups -OCH3 is 1. The minimum absolute atomic E-state index is 0.0555. The van der Waals surface area contributed by atoms with E-state index < -0.39 is 0 Å². The van der Waals surface area contributed by atoms with E-state index in [0.717, 1.165) is 35.2 Å². The standard InChI is InChI=1S/C23H26N6O2/c1-15-12-24-10-9-17(15)18-14-26-23(28(2)3)27-21(18)19-6-5-11-29(19)22(30)16-7-8-20(31-4)25-13-16/h7-10,12-14,19H,5-6,11H2,1-4H3/t19-/m1/s1. The number of likely N-dealkylation sites (tertiary alicyclic amines) is 1. The summed E-state index contributed by atoms with van der Waals surface area (Å²) in [5, 5.41) is 0. The molecule has 3 aromatic rings. The molecule has 1 aliphatic heterocycles. The molecule has 0 unspecified atom stereocenters. The second-order valence-corrected chi connectivity index (χ2v) is 7.80. The van der Waals surface area contributed by atoms with E-state index in [-0.39, 0.29) is 11.9 Å². The van der Waals surface area contributed by atoms with Crippen molar-refractivity contribution in [3.05, 3.63) is 59.8 Å². The number of nitrogens with zero attached hydrogens (tertiary/aromatic N) is 6. The number of amides is 1. The van der Waals surface area contributed by atoms with Crippen molar-refractivity contribution in [2.24, 2.45) is 0 Å². The van der Waals surface area contributed by atoms with Crippen LogP contribution in [0.25, 0.3) is 11.1 Å². The van der Waals surface area contributed by atoms with Gasteiger partial charge in [-0.25, -0.2) is 15.0 Å². The summed E-state index contributed by atoms with van der Waals surface area (Å²) in [6.07, 6.45) is 8.78. The van der Waals surface area contributed by atoms with Crippen molar-refractivity contribution in [3.8, 4) is 17.0 Å². The number of carbonyl (C=O) groups is 1. The zero-order valence-corrected chi connectivity index (χ0v) is 18.2. The molecule has 0 radical (unpaired) electrons. The van der Waals surface area contributed by atoms with Crippen molar-refractivity contribution in [2.75, 3.05) is 32.6 Å². The van der Waals surface area contributed by atoms with E-state index in [2.05, 4.69) is 15.0 Å². The molecule has 31 heavy (non-hydrogen) atoms. The molecule has 0 bridgehead atoms. The molecule has 1 atom stereocenters. The molecule has 1 amide bonds. The molecule has 160 valence electrons. The fraction of sp³-hybridized carbons (Fsp3) is 0.348.